The number of methoxy groups -OCH3 is 1. The summed E-state index contributed by atoms with van der Waals surface area (Å²) in [6, 6.07) is 6.78. The SMILES string of the molecule is CCC[C@@]12CCc3cc(OC)ccc3C1(C)CC[C@]1(C)CC(O)CC12. The lowest BCUT2D eigenvalue weighted by molar-refractivity contribution is -0.0844. The Labute approximate surface area is 153 Å². The summed E-state index contributed by atoms with van der Waals surface area (Å²) in [4.78, 5) is 0. The van der Waals surface area contributed by atoms with E-state index in [1.165, 1.54) is 37.7 Å². The summed E-state index contributed by atoms with van der Waals surface area (Å²) < 4.78 is 5.49. The number of aliphatic hydroxyl groups excluding tert-OH is 1. The number of hydrogen-bond donors (Lipinski definition) is 1. The van der Waals surface area contributed by atoms with E-state index in [4.69, 9.17) is 4.74 Å². The number of ether oxygens (including phenoxy) is 1. The highest BCUT2D eigenvalue weighted by Gasteiger charge is 2.64. The lowest BCUT2D eigenvalue weighted by Crippen LogP contribution is -2.58. The van der Waals surface area contributed by atoms with E-state index >= 15 is 0 Å². The van der Waals surface area contributed by atoms with Crippen molar-refractivity contribution in [2.75, 3.05) is 7.11 Å². The van der Waals surface area contributed by atoms with E-state index in [9.17, 15) is 5.11 Å². The maximum Gasteiger partial charge on any atom is 0.119 e. The third kappa shape index (κ3) is 2.25. The maximum atomic E-state index is 10.5. The topological polar surface area (TPSA) is 29.5 Å². The van der Waals surface area contributed by atoms with Crippen LogP contribution in [-0.2, 0) is 11.8 Å². The molecule has 1 aromatic rings. The fraction of sp³-hybridized carbons (Fsp3) is 0.739. The molecule has 0 spiro atoms. The Morgan fingerprint density at radius 1 is 1.20 bits per heavy atom. The van der Waals surface area contributed by atoms with Gasteiger partial charge in [0.1, 0.15) is 5.75 Å². The van der Waals surface area contributed by atoms with Gasteiger partial charge in [-0.1, -0.05) is 33.3 Å². The van der Waals surface area contributed by atoms with Gasteiger partial charge >= 0.3 is 0 Å². The van der Waals surface area contributed by atoms with Crippen molar-refractivity contribution in [2.24, 2.45) is 16.7 Å². The van der Waals surface area contributed by atoms with Gasteiger partial charge in [0.25, 0.3) is 0 Å². The normalized spacial score (nSPS) is 42.4. The molecule has 5 atom stereocenters. The molecule has 2 heteroatoms. The molecule has 1 N–H and O–H groups in total. The highest BCUT2D eigenvalue weighted by atomic mass is 16.5. The van der Waals surface area contributed by atoms with E-state index in [0.29, 0.717) is 16.7 Å². The molecule has 0 heterocycles. The zero-order valence-electron chi connectivity index (χ0n) is 16.4. The molecule has 4 rings (SSSR count). The lowest BCUT2D eigenvalue weighted by atomic mass is 9.40. The zero-order chi connectivity index (χ0) is 17.9. The Morgan fingerprint density at radius 2 is 2.00 bits per heavy atom. The van der Waals surface area contributed by atoms with Crippen LogP contribution >= 0.6 is 0 Å². The van der Waals surface area contributed by atoms with E-state index in [1.54, 1.807) is 12.7 Å². The van der Waals surface area contributed by atoms with Crippen molar-refractivity contribution in [1.82, 2.24) is 0 Å². The monoisotopic (exact) mass is 342 g/mol. The summed E-state index contributed by atoms with van der Waals surface area (Å²) >= 11 is 0. The molecule has 2 fully saturated rings. The molecule has 0 radical (unpaired) electrons. The quantitative estimate of drug-likeness (QED) is 0.812. The minimum atomic E-state index is -0.0941. The largest absolute Gasteiger partial charge is 0.497 e. The molecule has 2 nitrogen and oxygen atoms in total. The van der Waals surface area contributed by atoms with E-state index in [1.807, 2.05) is 0 Å². The molecular weight excluding hydrogens is 308 g/mol. The number of hydrogen-bond acceptors (Lipinski definition) is 2. The van der Waals surface area contributed by atoms with Gasteiger partial charge in [0.15, 0.2) is 0 Å². The van der Waals surface area contributed by atoms with E-state index in [2.05, 4.69) is 39.0 Å². The molecule has 138 valence electrons. The van der Waals surface area contributed by atoms with Gasteiger partial charge in [-0.2, -0.15) is 0 Å². The maximum absolute atomic E-state index is 10.5. The molecule has 25 heavy (non-hydrogen) atoms. The van der Waals surface area contributed by atoms with Crippen LogP contribution in [0.25, 0.3) is 0 Å². The smallest absolute Gasteiger partial charge is 0.119 e. The van der Waals surface area contributed by atoms with Gasteiger partial charge in [0, 0.05) is 0 Å². The zero-order valence-corrected chi connectivity index (χ0v) is 16.4. The van der Waals surface area contributed by atoms with Crippen LogP contribution in [0.5, 0.6) is 5.75 Å². The molecule has 0 aliphatic heterocycles. The summed E-state index contributed by atoms with van der Waals surface area (Å²) in [6.45, 7) is 7.35. The summed E-state index contributed by atoms with van der Waals surface area (Å²) in [7, 11) is 1.76. The molecule has 0 saturated heterocycles. The second-order valence-electron chi connectivity index (χ2n) is 9.56. The Morgan fingerprint density at radius 3 is 2.72 bits per heavy atom. The van der Waals surface area contributed by atoms with Crippen LogP contribution < -0.4 is 4.74 Å². The first-order chi connectivity index (χ1) is 11.9. The Hall–Kier alpha value is -1.02. The van der Waals surface area contributed by atoms with Crippen LogP contribution in [0.3, 0.4) is 0 Å². The Kier molecular flexibility index (Phi) is 3.99. The fourth-order valence-electron chi connectivity index (χ4n) is 7.33. The van der Waals surface area contributed by atoms with Gasteiger partial charge in [-0.15, -0.1) is 0 Å². The third-order valence-electron chi connectivity index (χ3n) is 8.46. The van der Waals surface area contributed by atoms with Crippen molar-refractivity contribution < 1.29 is 9.84 Å². The van der Waals surface area contributed by atoms with Gasteiger partial charge in [0.05, 0.1) is 13.2 Å². The average Bonchev–Trinajstić information content (AvgIpc) is 2.91. The van der Waals surface area contributed by atoms with Gasteiger partial charge < -0.3 is 9.84 Å². The minimum Gasteiger partial charge on any atom is -0.497 e. The summed E-state index contributed by atoms with van der Waals surface area (Å²) in [5.41, 5.74) is 3.97. The third-order valence-corrected chi connectivity index (χ3v) is 8.46. The van der Waals surface area contributed by atoms with Crippen LogP contribution in [0.4, 0.5) is 0 Å². The van der Waals surface area contributed by atoms with Crippen molar-refractivity contribution in [3.05, 3.63) is 29.3 Å². The molecule has 1 aromatic carbocycles. The van der Waals surface area contributed by atoms with Crippen LogP contribution in [0, 0.1) is 16.7 Å². The first-order valence-corrected chi connectivity index (χ1v) is 10.2. The molecular formula is C23H34O2. The van der Waals surface area contributed by atoms with E-state index in [-0.39, 0.29) is 11.5 Å². The molecule has 0 amide bonds. The van der Waals surface area contributed by atoms with Crippen LogP contribution in [0.1, 0.15) is 76.8 Å². The predicted octanol–water partition coefficient (Wildman–Crippen LogP) is 5.26. The Balaban J connectivity index is 1.85. The average molecular weight is 343 g/mol. The van der Waals surface area contributed by atoms with Crippen molar-refractivity contribution in [1.29, 1.82) is 0 Å². The standard InChI is InChI=1S/C23H34O2/c1-5-9-23-10-8-16-13-18(25-4)6-7-19(16)22(23,3)12-11-21(2)15-17(24)14-20(21)23/h6-7,13,17,20,24H,5,8-12,14-15H2,1-4H3/t17?,20?,21-,22?,23+/m1/s1. The molecule has 2 saturated carbocycles. The lowest BCUT2D eigenvalue weighted by Gasteiger charge is -2.63. The number of fused-ring (bicyclic) bond motifs is 5. The highest BCUT2D eigenvalue weighted by Crippen LogP contribution is 2.70. The number of rotatable bonds is 3. The number of benzene rings is 1. The van der Waals surface area contributed by atoms with Gasteiger partial charge in [-0.3, -0.25) is 0 Å². The fourth-order valence-corrected chi connectivity index (χ4v) is 7.33. The minimum absolute atomic E-state index is 0.0941. The first kappa shape index (κ1) is 17.4. The van der Waals surface area contributed by atoms with Crippen molar-refractivity contribution in [2.45, 2.75) is 83.7 Å². The van der Waals surface area contributed by atoms with Gasteiger partial charge in [-0.25, -0.2) is 0 Å². The molecule has 3 aliphatic carbocycles. The Bertz CT molecular complexity index is 668. The van der Waals surface area contributed by atoms with E-state index in [0.717, 1.165) is 25.0 Å². The summed E-state index contributed by atoms with van der Waals surface area (Å²) in [5, 5.41) is 10.5. The van der Waals surface area contributed by atoms with Crippen LogP contribution in [0.15, 0.2) is 18.2 Å². The molecule has 0 aromatic heterocycles. The van der Waals surface area contributed by atoms with Crippen molar-refractivity contribution in [3.8, 4) is 5.75 Å². The van der Waals surface area contributed by atoms with Crippen molar-refractivity contribution in [3.63, 3.8) is 0 Å². The molecule has 0 bridgehead atoms. The second-order valence-corrected chi connectivity index (χ2v) is 9.56. The number of aliphatic hydroxyl groups is 1. The summed E-state index contributed by atoms with van der Waals surface area (Å²) in [5.74, 6) is 1.64. The first-order valence-electron chi connectivity index (χ1n) is 10.2. The predicted molar refractivity (Wildman–Crippen MR) is 102 cm³/mol. The van der Waals surface area contributed by atoms with Crippen LogP contribution in [-0.4, -0.2) is 18.3 Å². The van der Waals surface area contributed by atoms with Gasteiger partial charge in [-0.05, 0) is 90.4 Å². The van der Waals surface area contributed by atoms with Gasteiger partial charge in [0.2, 0.25) is 0 Å². The van der Waals surface area contributed by atoms with Crippen LogP contribution in [0.2, 0.25) is 0 Å². The van der Waals surface area contributed by atoms with Crippen molar-refractivity contribution >= 4 is 0 Å². The van der Waals surface area contributed by atoms with E-state index < -0.39 is 0 Å². The second kappa shape index (κ2) is 5.74. The molecule has 3 unspecified atom stereocenters. The highest BCUT2D eigenvalue weighted by molar-refractivity contribution is 5.45. The molecule has 3 aliphatic rings. The summed E-state index contributed by atoms with van der Waals surface area (Å²) in [6.07, 6.45) is 9.39. The number of aryl methyl sites for hydroxylation is 1.